The smallest absolute Gasteiger partial charge is 0.0809 e. The molecule has 0 aliphatic heterocycles. The van der Waals surface area contributed by atoms with Crippen molar-refractivity contribution in [3.8, 4) is 0 Å². The van der Waals surface area contributed by atoms with E-state index < -0.39 is 6.10 Å². The quantitative estimate of drug-likeness (QED) is 0.545. The molecule has 0 aliphatic rings. The molecule has 16 heavy (non-hydrogen) atoms. The molecule has 2 heteroatoms. The first-order valence-electron chi connectivity index (χ1n) is 6.28. The van der Waals surface area contributed by atoms with Crippen LogP contribution in [0.5, 0.6) is 0 Å². The van der Waals surface area contributed by atoms with Crippen LogP contribution in [0, 0.1) is 0 Å². The minimum absolute atomic E-state index is 0.400. The Morgan fingerprint density at radius 2 is 1.81 bits per heavy atom. The number of hydrogen-bond acceptors (Lipinski definition) is 2. The second-order valence-corrected chi connectivity index (χ2v) is 4.35. The van der Waals surface area contributed by atoms with Gasteiger partial charge in [0.2, 0.25) is 0 Å². The normalized spacial score (nSPS) is 12.6. The molecule has 0 spiro atoms. The number of nitrogen functional groups attached to an aromatic ring is 1. The first-order chi connectivity index (χ1) is 7.75. The minimum Gasteiger partial charge on any atom is -0.398 e. The van der Waals surface area contributed by atoms with E-state index in [4.69, 9.17) is 5.73 Å². The molecule has 0 fully saturated rings. The van der Waals surface area contributed by atoms with Crippen LogP contribution in [-0.2, 0) is 0 Å². The number of unbranched alkanes of at least 4 members (excludes halogenated alkanes) is 4. The first-order valence-corrected chi connectivity index (χ1v) is 6.28. The number of para-hydroxylation sites is 1. The van der Waals surface area contributed by atoms with Crippen LogP contribution in [0.15, 0.2) is 24.3 Å². The van der Waals surface area contributed by atoms with Crippen molar-refractivity contribution >= 4 is 5.69 Å². The number of aliphatic hydroxyl groups is 1. The Kier molecular flexibility index (Phi) is 5.94. The average molecular weight is 221 g/mol. The second-order valence-electron chi connectivity index (χ2n) is 4.35. The number of aliphatic hydroxyl groups excluding tert-OH is 1. The molecule has 1 aromatic carbocycles. The summed E-state index contributed by atoms with van der Waals surface area (Å²) in [6, 6.07) is 7.57. The van der Waals surface area contributed by atoms with Crippen LogP contribution >= 0.6 is 0 Å². The summed E-state index contributed by atoms with van der Waals surface area (Å²) in [5, 5.41) is 9.98. The Bertz CT molecular complexity index is 299. The first kappa shape index (κ1) is 13.0. The SMILES string of the molecule is CCCCCCCC(O)c1ccccc1N. The van der Waals surface area contributed by atoms with Crippen LogP contribution < -0.4 is 5.73 Å². The Morgan fingerprint density at radius 3 is 2.50 bits per heavy atom. The van der Waals surface area contributed by atoms with Gasteiger partial charge in [-0.2, -0.15) is 0 Å². The van der Waals surface area contributed by atoms with Gasteiger partial charge in [-0.3, -0.25) is 0 Å². The molecule has 2 nitrogen and oxygen atoms in total. The Hall–Kier alpha value is -1.02. The molecule has 0 bridgehead atoms. The Morgan fingerprint density at radius 1 is 1.12 bits per heavy atom. The van der Waals surface area contributed by atoms with Crippen LogP contribution in [0.1, 0.15) is 57.1 Å². The van der Waals surface area contributed by atoms with Gasteiger partial charge in [0.1, 0.15) is 0 Å². The third kappa shape index (κ3) is 4.23. The zero-order chi connectivity index (χ0) is 11.8. The molecule has 0 aromatic heterocycles. The second kappa shape index (κ2) is 7.29. The number of nitrogens with two attached hydrogens (primary N) is 1. The number of anilines is 1. The van der Waals surface area contributed by atoms with Crippen molar-refractivity contribution < 1.29 is 5.11 Å². The van der Waals surface area contributed by atoms with E-state index in [0.717, 1.165) is 18.4 Å². The third-order valence-electron chi connectivity index (χ3n) is 2.94. The number of hydrogen-bond donors (Lipinski definition) is 2. The molecule has 0 saturated heterocycles. The van der Waals surface area contributed by atoms with E-state index in [9.17, 15) is 5.11 Å². The molecular weight excluding hydrogens is 198 g/mol. The van der Waals surface area contributed by atoms with Gasteiger partial charge >= 0.3 is 0 Å². The molecular formula is C14H23NO. The van der Waals surface area contributed by atoms with Gasteiger partial charge in [-0.25, -0.2) is 0 Å². The highest BCUT2D eigenvalue weighted by molar-refractivity contribution is 5.47. The predicted molar refractivity (Wildman–Crippen MR) is 69.2 cm³/mol. The van der Waals surface area contributed by atoms with E-state index in [-0.39, 0.29) is 0 Å². The molecule has 0 heterocycles. The van der Waals surface area contributed by atoms with Gasteiger partial charge in [0.15, 0.2) is 0 Å². The van der Waals surface area contributed by atoms with Crippen molar-refractivity contribution in [2.75, 3.05) is 5.73 Å². The fourth-order valence-electron chi connectivity index (χ4n) is 1.91. The van der Waals surface area contributed by atoms with Crippen molar-refractivity contribution in [2.45, 2.75) is 51.6 Å². The Labute approximate surface area is 98.5 Å². The highest BCUT2D eigenvalue weighted by Gasteiger charge is 2.09. The van der Waals surface area contributed by atoms with Gasteiger partial charge in [0, 0.05) is 11.3 Å². The van der Waals surface area contributed by atoms with Gasteiger partial charge in [0.05, 0.1) is 6.10 Å². The van der Waals surface area contributed by atoms with Crippen LogP contribution in [0.3, 0.4) is 0 Å². The van der Waals surface area contributed by atoms with Crippen molar-refractivity contribution in [3.63, 3.8) is 0 Å². The zero-order valence-corrected chi connectivity index (χ0v) is 10.2. The molecule has 1 atom stereocenters. The largest absolute Gasteiger partial charge is 0.398 e. The fourth-order valence-corrected chi connectivity index (χ4v) is 1.91. The summed E-state index contributed by atoms with van der Waals surface area (Å²) in [6.07, 6.45) is 6.53. The molecule has 0 radical (unpaired) electrons. The monoisotopic (exact) mass is 221 g/mol. The Balaban J connectivity index is 2.30. The molecule has 0 amide bonds. The number of benzene rings is 1. The highest BCUT2D eigenvalue weighted by atomic mass is 16.3. The van der Waals surface area contributed by atoms with Crippen molar-refractivity contribution in [1.82, 2.24) is 0 Å². The van der Waals surface area contributed by atoms with E-state index in [1.165, 1.54) is 25.7 Å². The summed E-state index contributed by atoms with van der Waals surface area (Å²) in [5.41, 5.74) is 7.38. The van der Waals surface area contributed by atoms with E-state index in [0.29, 0.717) is 5.69 Å². The van der Waals surface area contributed by atoms with E-state index >= 15 is 0 Å². The van der Waals surface area contributed by atoms with Crippen molar-refractivity contribution in [3.05, 3.63) is 29.8 Å². The number of rotatable bonds is 7. The van der Waals surface area contributed by atoms with E-state index in [1.54, 1.807) is 0 Å². The van der Waals surface area contributed by atoms with Gasteiger partial charge in [-0.05, 0) is 12.5 Å². The van der Waals surface area contributed by atoms with Crippen molar-refractivity contribution in [1.29, 1.82) is 0 Å². The third-order valence-corrected chi connectivity index (χ3v) is 2.94. The fraction of sp³-hybridized carbons (Fsp3) is 0.571. The summed E-state index contributed by atoms with van der Waals surface area (Å²) >= 11 is 0. The standard InChI is InChI=1S/C14H23NO/c1-2-3-4-5-6-11-14(16)12-9-7-8-10-13(12)15/h7-10,14,16H,2-6,11,15H2,1H3. The minimum atomic E-state index is -0.400. The highest BCUT2D eigenvalue weighted by Crippen LogP contribution is 2.24. The van der Waals surface area contributed by atoms with Crippen LogP contribution in [-0.4, -0.2) is 5.11 Å². The van der Waals surface area contributed by atoms with Crippen LogP contribution in [0.2, 0.25) is 0 Å². The van der Waals surface area contributed by atoms with E-state index in [1.807, 2.05) is 24.3 Å². The lowest BCUT2D eigenvalue weighted by Crippen LogP contribution is -2.01. The van der Waals surface area contributed by atoms with Gasteiger partial charge in [0.25, 0.3) is 0 Å². The summed E-state index contributed by atoms with van der Waals surface area (Å²) in [7, 11) is 0. The molecule has 90 valence electrons. The summed E-state index contributed by atoms with van der Waals surface area (Å²) in [4.78, 5) is 0. The lowest BCUT2D eigenvalue weighted by Gasteiger charge is -2.12. The van der Waals surface area contributed by atoms with Gasteiger partial charge in [-0.1, -0.05) is 57.2 Å². The summed E-state index contributed by atoms with van der Waals surface area (Å²) in [6.45, 7) is 2.21. The average Bonchev–Trinajstić information content (AvgIpc) is 2.29. The van der Waals surface area contributed by atoms with Crippen LogP contribution in [0.4, 0.5) is 5.69 Å². The predicted octanol–water partition coefficient (Wildman–Crippen LogP) is 3.66. The van der Waals surface area contributed by atoms with Gasteiger partial charge < -0.3 is 10.8 Å². The van der Waals surface area contributed by atoms with Crippen LogP contribution in [0.25, 0.3) is 0 Å². The van der Waals surface area contributed by atoms with E-state index in [2.05, 4.69) is 6.92 Å². The lowest BCUT2D eigenvalue weighted by molar-refractivity contribution is 0.164. The maximum atomic E-state index is 9.98. The molecule has 1 aromatic rings. The molecule has 1 unspecified atom stereocenters. The summed E-state index contributed by atoms with van der Waals surface area (Å²) in [5.74, 6) is 0. The van der Waals surface area contributed by atoms with Gasteiger partial charge in [-0.15, -0.1) is 0 Å². The maximum Gasteiger partial charge on any atom is 0.0809 e. The maximum absolute atomic E-state index is 9.98. The molecule has 0 aliphatic carbocycles. The molecule has 1 rings (SSSR count). The summed E-state index contributed by atoms with van der Waals surface area (Å²) < 4.78 is 0. The lowest BCUT2D eigenvalue weighted by atomic mass is 10.0. The molecule has 0 saturated carbocycles. The molecule has 3 N–H and O–H groups in total. The van der Waals surface area contributed by atoms with Crippen molar-refractivity contribution in [2.24, 2.45) is 0 Å². The zero-order valence-electron chi connectivity index (χ0n) is 10.2. The topological polar surface area (TPSA) is 46.2 Å².